The number of hydrogen-bond donors (Lipinski definition) is 0. The van der Waals surface area contributed by atoms with E-state index in [4.69, 9.17) is 11.6 Å². The minimum atomic E-state index is -3.57. The number of thiophene rings is 1. The molecule has 0 radical (unpaired) electrons. The Balaban J connectivity index is 2.52. The minimum Gasteiger partial charge on any atom is -0.225 e. The van der Waals surface area contributed by atoms with Gasteiger partial charge in [0.25, 0.3) is 15.0 Å². The summed E-state index contributed by atoms with van der Waals surface area (Å²) < 4.78 is 23.9. The van der Waals surface area contributed by atoms with Gasteiger partial charge in [0, 0.05) is 0 Å². The SMILES string of the molecule is O=S(=O)(c1ncc(Cl)cn1)c1cccs1. The summed E-state index contributed by atoms with van der Waals surface area (Å²) in [6.07, 6.45) is 2.52. The van der Waals surface area contributed by atoms with Crippen molar-refractivity contribution in [2.75, 3.05) is 0 Å². The normalized spacial score (nSPS) is 11.5. The lowest BCUT2D eigenvalue weighted by Crippen LogP contribution is -2.04. The third-order valence-corrected chi connectivity index (χ3v) is 4.76. The number of rotatable bonds is 2. The topological polar surface area (TPSA) is 59.9 Å². The predicted molar refractivity (Wildman–Crippen MR) is 56.8 cm³/mol. The lowest BCUT2D eigenvalue weighted by Gasteiger charge is -1.98. The van der Waals surface area contributed by atoms with Crippen LogP contribution in [0.15, 0.2) is 39.3 Å². The molecule has 0 spiro atoms. The fourth-order valence-electron chi connectivity index (χ4n) is 0.946. The summed E-state index contributed by atoms with van der Waals surface area (Å²) >= 11 is 6.70. The molecule has 0 bridgehead atoms. The van der Waals surface area contributed by atoms with Crippen molar-refractivity contribution < 1.29 is 8.42 Å². The van der Waals surface area contributed by atoms with Crippen LogP contribution in [-0.2, 0) is 9.84 Å². The summed E-state index contributed by atoms with van der Waals surface area (Å²) in [5.41, 5.74) is 0. The van der Waals surface area contributed by atoms with Crippen molar-refractivity contribution >= 4 is 32.8 Å². The molecule has 2 heterocycles. The molecule has 0 aliphatic carbocycles. The summed E-state index contributed by atoms with van der Waals surface area (Å²) in [5.74, 6) is 0. The highest BCUT2D eigenvalue weighted by atomic mass is 35.5. The van der Waals surface area contributed by atoms with Crippen molar-refractivity contribution in [3.05, 3.63) is 34.9 Å². The second-order valence-corrected chi connectivity index (χ2v) is 6.07. The summed E-state index contributed by atoms with van der Waals surface area (Å²) in [6.45, 7) is 0. The van der Waals surface area contributed by atoms with Crippen molar-refractivity contribution in [3.8, 4) is 0 Å². The molecule has 2 aromatic rings. The van der Waals surface area contributed by atoms with Crippen molar-refractivity contribution in [2.45, 2.75) is 9.37 Å². The molecule has 0 saturated heterocycles. The fraction of sp³-hybridized carbons (Fsp3) is 0. The molecule has 7 heteroatoms. The lowest BCUT2D eigenvalue weighted by atomic mass is 10.7. The molecule has 0 amide bonds. The average Bonchev–Trinajstić information content (AvgIpc) is 2.71. The quantitative estimate of drug-likeness (QED) is 0.775. The van der Waals surface area contributed by atoms with Crippen LogP contribution >= 0.6 is 22.9 Å². The first-order chi connectivity index (χ1) is 7.10. The molecule has 78 valence electrons. The molecule has 0 fully saturated rings. The van der Waals surface area contributed by atoms with Gasteiger partial charge >= 0.3 is 0 Å². The maximum Gasteiger partial charge on any atom is 0.252 e. The smallest absolute Gasteiger partial charge is 0.225 e. The first kappa shape index (κ1) is 10.5. The minimum absolute atomic E-state index is 0.227. The second kappa shape index (κ2) is 3.88. The van der Waals surface area contributed by atoms with Crippen LogP contribution in [0.3, 0.4) is 0 Å². The van der Waals surface area contributed by atoms with E-state index in [1.807, 2.05) is 0 Å². The molecule has 0 atom stereocenters. The molecule has 0 saturated carbocycles. The van der Waals surface area contributed by atoms with Crippen molar-refractivity contribution in [2.24, 2.45) is 0 Å². The van der Waals surface area contributed by atoms with Gasteiger partial charge in [0.05, 0.1) is 17.4 Å². The van der Waals surface area contributed by atoms with E-state index in [2.05, 4.69) is 9.97 Å². The zero-order chi connectivity index (χ0) is 10.9. The Morgan fingerprint density at radius 1 is 1.27 bits per heavy atom. The van der Waals surface area contributed by atoms with Gasteiger partial charge in [-0.05, 0) is 11.4 Å². The molecule has 4 nitrogen and oxygen atoms in total. The highest BCUT2D eigenvalue weighted by Gasteiger charge is 2.21. The third-order valence-electron chi connectivity index (χ3n) is 1.60. The first-order valence-corrected chi connectivity index (χ1v) is 6.61. The molecule has 0 N–H and O–H groups in total. The highest BCUT2D eigenvalue weighted by molar-refractivity contribution is 7.93. The standard InChI is InChI=1S/C8H5ClN2O2S2/c9-6-4-10-8(11-5-6)15(12,13)7-2-1-3-14-7/h1-5H. The summed E-state index contributed by atoms with van der Waals surface area (Å²) in [7, 11) is -3.57. The maximum absolute atomic E-state index is 11.8. The van der Waals surface area contributed by atoms with Gasteiger partial charge in [0.1, 0.15) is 4.21 Å². The molecule has 0 unspecified atom stereocenters. The average molecular weight is 261 g/mol. The van der Waals surface area contributed by atoms with Crippen LogP contribution < -0.4 is 0 Å². The summed E-state index contributed by atoms with van der Waals surface area (Å²) in [6, 6.07) is 3.17. The lowest BCUT2D eigenvalue weighted by molar-refractivity contribution is 0.589. The van der Waals surface area contributed by atoms with Crippen LogP contribution in [0.4, 0.5) is 0 Å². The molecule has 2 rings (SSSR count). The third kappa shape index (κ3) is 2.01. The number of aromatic nitrogens is 2. The molecular formula is C8H5ClN2O2S2. The number of nitrogens with zero attached hydrogens (tertiary/aromatic N) is 2. The van der Waals surface area contributed by atoms with Gasteiger partial charge in [0.15, 0.2) is 0 Å². The van der Waals surface area contributed by atoms with E-state index >= 15 is 0 Å². The Morgan fingerprint density at radius 3 is 2.47 bits per heavy atom. The fourth-order valence-corrected chi connectivity index (χ4v) is 3.21. The Kier molecular flexibility index (Phi) is 2.72. The second-order valence-electron chi connectivity index (χ2n) is 2.62. The largest absolute Gasteiger partial charge is 0.252 e. The van der Waals surface area contributed by atoms with E-state index in [-0.39, 0.29) is 9.37 Å². The Labute approximate surface area is 95.5 Å². The van der Waals surface area contributed by atoms with E-state index in [1.54, 1.807) is 11.4 Å². The molecule has 0 aliphatic rings. The Bertz CT molecular complexity index is 549. The number of halogens is 1. The number of sulfone groups is 1. The molecule has 0 aliphatic heterocycles. The zero-order valence-electron chi connectivity index (χ0n) is 7.29. The van der Waals surface area contributed by atoms with Crippen LogP contribution in [0.1, 0.15) is 0 Å². The van der Waals surface area contributed by atoms with E-state index < -0.39 is 9.84 Å². The molecule has 15 heavy (non-hydrogen) atoms. The van der Waals surface area contributed by atoms with Gasteiger partial charge in [-0.15, -0.1) is 11.3 Å². The number of hydrogen-bond acceptors (Lipinski definition) is 5. The van der Waals surface area contributed by atoms with E-state index in [9.17, 15) is 8.42 Å². The predicted octanol–water partition coefficient (Wildman–Crippen LogP) is 2.02. The first-order valence-electron chi connectivity index (χ1n) is 3.87. The van der Waals surface area contributed by atoms with Crippen LogP contribution in [0.5, 0.6) is 0 Å². The van der Waals surface area contributed by atoms with Crippen LogP contribution in [0.25, 0.3) is 0 Å². The zero-order valence-corrected chi connectivity index (χ0v) is 9.68. The molecular weight excluding hydrogens is 256 g/mol. The van der Waals surface area contributed by atoms with Gasteiger partial charge < -0.3 is 0 Å². The van der Waals surface area contributed by atoms with E-state index in [0.717, 1.165) is 11.3 Å². The van der Waals surface area contributed by atoms with Crippen molar-refractivity contribution in [1.82, 2.24) is 9.97 Å². The molecule has 0 aromatic carbocycles. The van der Waals surface area contributed by atoms with Crippen molar-refractivity contribution in [1.29, 1.82) is 0 Å². The van der Waals surface area contributed by atoms with E-state index in [1.165, 1.54) is 18.5 Å². The van der Waals surface area contributed by atoms with Crippen LogP contribution in [-0.4, -0.2) is 18.4 Å². The Hall–Kier alpha value is -0.980. The van der Waals surface area contributed by atoms with E-state index in [0.29, 0.717) is 5.02 Å². The van der Waals surface area contributed by atoms with Gasteiger partial charge in [-0.2, -0.15) is 0 Å². The van der Waals surface area contributed by atoms with Gasteiger partial charge in [-0.1, -0.05) is 17.7 Å². The monoisotopic (exact) mass is 260 g/mol. The summed E-state index contributed by atoms with van der Waals surface area (Å²) in [4.78, 5) is 7.36. The molecule has 2 aromatic heterocycles. The van der Waals surface area contributed by atoms with Crippen molar-refractivity contribution in [3.63, 3.8) is 0 Å². The summed E-state index contributed by atoms with van der Waals surface area (Å²) in [5, 5.41) is 1.76. The van der Waals surface area contributed by atoms with Gasteiger partial charge in [-0.25, -0.2) is 18.4 Å². The highest BCUT2D eigenvalue weighted by Crippen LogP contribution is 2.22. The van der Waals surface area contributed by atoms with Crippen LogP contribution in [0.2, 0.25) is 5.02 Å². The van der Waals surface area contributed by atoms with Gasteiger partial charge in [-0.3, -0.25) is 0 Å². The maximum atomic E-state index is 11.8. The Morgan fingerprint density at radius 2 is 1.93 bits per heavy atom. The van der Waals surface area contributed by atoms with Gasteiger partial charge in [0.2, 0.25) is 0 Å². The van der Waals surface area contributed by atoms with Crippen LogP contribution in [0, 0.1) is 0 Å².